The number of para-hydroxylation sites is 1. The number of imidazole rings is 1. The standard InChI is InChI=1S/C31H34N6O4/c1-19-10-13-25(20(2)24(19)18-41-27-9-7-8-26-31(27)34-21(3)36(26)5)37(6)30(40)17-33-29(39)15-12-23-11-14-28(32-16-23)35-22(4)38/h7-16H,17-18H2,1-6H3,(H,33,39)(H,32,35,38)/b15-12+. The minimum atomic E-state index is -0.411. The number of benzene rings is 2. The van der Waals surface area contributed by atoms with E-state index in [-0.39, 0.29) is 18.4 Å². The number of pyridine rings is 1. The number of hydrogen-bond acceptors (Lipinski definition) is 6. The van der Waals surface area contributed by atoms with Crippen molar-refractivity contribution in [2.24, 2.45) is 7.05 Å². The summed E-state index contributed by atoms with van der Waals surface area (Å²) >= 11 is 0. The second-order valence-corrected chi connectivity index (χ2v) is 9.80. The molecule has 4 rings (SSSR count). The molecule has 41 heavy (non-hydrogen) atoms. The molecule has 0 spiro atoms. The SMILES string of the molecule is CC(=O)Nc1ccc(/C=C/C(=O)NCC(=O)N(C)c2ccc(C)c(COc3cccc4c3nc(C)n4C)c2C)cn1. The van der Waals surface area contributed by atoms with E-state index in [1.54, 1.807) is 25.3 Å². The molecule has 0 aliphatic carbocycles. The maximum Gasteiger partial charge on any atom is 0.246 e. The first-order chi connectivity index (χ1) is 19.5. The number of nitrogens with zero attached hydrogens (tertiary/aromatic N) is 4. The van der Waals surface area contributed by atoms with Crippen LogP contribution < -0.4 is 20.3 Å². The highest BCUT2D eigenvalue weighted by Crippen LogP contribution is 2.29. The number of likely N-dealkylation sites (N-methyl/N-ethyl adjacent to an activating group) is 1. The summed E-state index contributed by atoms with van der Waals surface area (Å²) in [4.78, 5) is 46.7. The predicted molar refractivity (Wildman–Crippen MR) is 160 cm³/mol. The van der Waals surface area contributed by atoms with E-state index >= 15 is 0 Å². The van der Waals surface area contributed by atoms with Gasteiger partial charge in [-0.05, 0) is 79.4 Å². The van der Waals surface area contributed by atoms with Crippen LogP contribution in [-0.2, 0) is 28.0 Å². The second kappa shape index (κ2) is 12.5. The number of anilines is 2. The molecule has 212 valence electrons. The molecule has 3 amide bonds. The lowest BCUT2D eigenvalue weighted by Gasteiger charge is -2.23. The Kier molecular flexibility index (Phi) is 8.81. The van der Waals surface area contributed by atoms with E-state index < -0.39 is 5.91 Å². The van der Waals surface area contributed by atoms with Gasteiger partial charge in [0, 0.05) is 39.0 Å². The fraction of sp³-hybridized carbons (Fsp3) is 0.258. The molecule has 2 aromatic heterocycles. The Balaban J connectivity index is 1.38. The van der Waals surface area contributed by atoms with Crippen molar-refractivity contribution >= 4 is 46.3 Å². The van der Waals surface area contributed by atoms with Gasteiger partial charge in [0.2, 0.25) is 17.7 Å². The summed E-state index contributed by atoms with van der Waals surface area (Å²) in [7, 11) is 3.66. The van der Waals surface area contributed by atoms with Gasteiger partial charge in [0.15, 0.2) is 0 Å². The van der Waals surface area contributed by atoms with Gasteiger partial charge >= 0.3 is 0 Å². The number of fused-ring (bicyclic) bond motifs is 1. The van der Waals surface area contributed by atoms with Crippen LogP contribution in [0.25, 0.3) is 17.1 Å². The van der Waals surface area contributed by atoms with Crippen molar-refractivity contribution in [1.29, 1.82) is 0 Å². The molecule has 0 aliphatic heterocycles. The van der Waals surface area contributed by atoms with Crippen LogP contribution in [0.1, 0.15) is 35.0 Å². The number of amides is 3. The van der Waals surface area contributed by atoms with E-state index in [1.165, 1.54) is 24.1 Å². The van der Waals surface area contributed by atoms with Crippen LogP contribution >= 0.6 is 0 Å². The van der Waals surface area contributed by atoms with Crippen LogP contribution in [0, 0.1) is 20.8 Å². The largest absolute Gasteiger partial charge is 0.487 e. The minimum Gasteiger partial charge on any atom is -0.487 e. The molecule has 4 aromatic rings. The lowest BCUT2D eigenvalue weighted by molar-refractivity contribution is -0.122. The molecule has 10 nitrogen and oxygen atoms in total. The van der Waals surface area contributed by atoms with Crippen molar-refractivity contribution < 1.29 is 19.1 Å². The molecular formula is C31H34N6O4. The summed E-state index contributed by atoms with van der Waals surface area (Å²) in [5, 5.41) is 5.21. The molecule has 0 bridgehead atoms. The van der Waals surface area contributed by atoms with Crippen molar-refractivity contribution in [2.45, 2.75) is 34.3 Å². The van der Waals surface area contributed by atoms with Crippen LogP contribution in [0.3, 0.4) is 0 Å². The summed E-state index contributed by atoms with van der Waals surface area (Å²) < 4.78 is 8.26. The van der Waals surface area contributed by atoms with Gasteiger partial charge in [0.1, 0.15) is 29.5 Å². The zero-order valence-corrected chi connectivity index (χ0v) is 24.1. The molecule has 2 N–H and O–H groups in total. The molecule has 0 fully saturated rings. The monoisotopic (exact) mass is 554 g/mol. The van der Waals surface area contributed by atoms with E-state index in [4.69, 9.17) is 4.74 Å². The van der Waals surface area contributed by atoms with E-state index in [0.717, 1.165) is 39.2 Å². The second-order valence-electron chi connectivity index (χ2n) is 9.80. The predicted octanol–water partition coefficient (Wildman–Crippen LogP) is 4.22. The van der Waals surface area contributed by atoms with Crippen LogP contribution in [0.2, 0.25) is 0 Å². The van der Waals surface area contributed by atoms with E-state index in [1.807, 2.05) is 62.7 Å². The average Bonchev–Trinajstić information content (AvgIpc) is 3.24. The third-order valence-corrected chi connectivity index (χ3v) is 6.94. The fourth-order valence-electron chi connectivity index (χ4n) is 4.44. The quantitative estimate of drug-likeness (QED) is 0.299. The Morgan fingerprint density at radius 2 is 1.85 bits per heavy atom. The zero-order chi connectivity index (χ0) is 29.7. The summed E-state index contributed by atoms with van der Waals surface area (Å²) in [6.45, 7) is 7.49. The maximum atomic E-state index is 13.0. The molecule has 0 atom stereocenters. The highest BCUT2D eigenvalue weighted by Gasteiger charge is 2.18. The van der Waals surface area contributed by atoms with Gasteiger partial charge in [-0.1, -0.05) is 12.1 Å². The third kappa shape index (κ3) is 6.78. The first-order valence-electron chi connectivity index (χ1n) is 13.1. The molecule has 10 heteroatoms. The molecule has 0 radical (unpaired) electrons. The molecule has 0 aliphatic rings. The Morgan fingerprint density at radius 1 is 1.07 bits per heavy atom. The first-order valence-corrected chi connectivity index (χ1v) is 13.1. The summed E-state index contributed by atoms with van der Waals surface area (Å²) in [6.07, 6.45) is 4.45. The fourth-order valence-corrected chi connectivity index (χ4v) is 4.44. The lowest BCUT2D eigenvalue weighted by Crippen LogP contribution is -2.38. The highest BCUT2D eigenvalue weighted by molar-refractivity contribution is 5.99. The Morgan fingerprint density at radius 3 is 2.56 bits per heavy atom. The minimum absolute atomic E-state index is 0.167. The van der Waals surface area contributed by atoms with Crippen LogP contribution in [0.15, 0.2) is 54.7 Å². The van der Waals surface area contributed by atoms with Gasteiger partial charge in [-0.25, -0.2) is 9.97 Å². The zero-order valence-electron chi connectivity index (χ0n) is 24.1. The van der Waals surface area contributed by atoms with Crippen molar-refractivity contribution in [2.75, 3.05) is 23.8 Å². The van der Waals surface area contributed by atoms with Crippen molar-refractivity contribution in [3.8, 4) is 5.75 Å². The summed E-state index contributed by atoms with van der Waals surface area (Å²) in [5.74, 6) is 1.15. The van der Waals surface area contributed by atoms with Crippen LogP contribution in [0.5, 0.6) is 5.75 Å². The Hall–Kier alpha value is -4.99. The molecule has 2 aromatic carbocycles. The number of carbonyl (C=O) groups is 3. The normalized spacial score (nSPS) is 11.1. The van der Waals surface area contributed by atoms with Crippen molar-refractivity contribution in [3.05, 3.63) is 82.8 Å². The van der Waals surface area contributed by atoms with Gasteiger partial charge in [-0.3, -0.25) is 14.4 Å². The maximum absolute atomic E-state index is 13.0. The first kappa shape index (κ1) is 29.0. The topological polar surface area (TPSA) is 118 Å². The number of carbonyl (C=O) groups excluding carboxylic acids is 3. The van der Waals surface area contributed by atoms with Crippen LogP contribution in [0.4, 0.5) is 11.5 Å². The van der Waals surface area contributed by atoms with E-state index in [0.29, 0.717) is 23.7 Å². The van der Waals surface area contributed by atoms with E-state index in [2.05, 4.69) is 20.6 Å². The van der Waals surface area contributed by atoms with Gasteiger partial charge in [-0.15, -0.1) is 0 Å². The van der Waals surface area contributed by atoms with Gasteiger partial charge in [0.25, 0.3) is 0 Å². The van der Waals surface area contributed by atoms with Crippen molar-refractivity contribution in [1.82, 2.24) is 19.9 Å². The molecule has 2 heterocycles. The third-order valence-electron chi connectivity index (χ3n) is 6.94. The Labute approximate surface area is 239 Å². The van der Waals surface area contributed by atoms with Crippen molar-refractivity contribution in [3.63, 3.8) is 0 Å². The number of nitrogens with one attached hydrogen (secondary N) is 2. The van der Waals surface area contributed by atoms with Gasteiger partial charge in [0.05, 0.1) is 12.1 Å². The molecule has 0 unspecified atom stereocenters. The number of ether oxygens (including phenoxy) is 1. The molecular weight excluding hydrogens is 520 g/mol. The number of aromatic nitrogens is 3. The molecule has 0 saturated carbocycles. The summed E-state index contributed by atoms with van der Waals surface area (Å²) in [5.41, 5.74) is 6.19. The highest BCUT2D eigenvalue weighted by atomic mass is 16.5. The van der Waals surface area contributed by atoms with E-state index in [9.17, 15) is 14.4 Å². The van der Waals surface area contributed by atoms with Crippen LogP contribution in [-0.4, -0.2) is 45.8 Å². The number of aryl methyl sites for hydroxylation is 3. The summed E-state index contributed by atoms with van der Waals surface area (Å²) in [6, 6.07) is 13.1. The Bertz CT molecular complexity index is 1640. The smallest absolute Gasteiger partial charge is 0.246 e. The average molecular weight is 555 g/mol. The van der Waals surface area contributed by atoms with Gasteiger partial charge < -0.3 is 24.8 Å². The van der Waals surface area contributed by atoms with Gasteiger partial charge in [-0.2, -0.15) is 0 Å². The number of hydrogen-bond donors (Lipinski definition) is 2. The lowest BCUT2D eigenvalue weighted by atomic mass is 10.0. The number of rotatable bonds is 9. The molecule has 0 saturated heterocycles.